The molecule has 0 fully saturated rings. The largest absolute Gasteiger partial charge is 0.497 e. The van der Waals surface area contributed by atoms with Gasteiger partial charge in [0, 0.05) is 12.1 Å². The standard InChI is InChI=1S/C13H11NO6/c1-17-7-4-8(9-6-11(13(15)16)20-14-9)12-10(5-7)18-2-3-19-12/h4-6H,2-3H2,1H3,(H,15,16). The highest BCUT2D eigenvalue weighted by molar-refractivity contribution is 5.86. The van der Waals surface area contributed by atoms with Crippen molar-refractivity contribution in [3.05, 3.63) is 24.0 Å². The van der Waals surface area contributed by atoms with Crippen molar-refractivity contribution in [2.24, 2.45) is 0 Å². The van der Waals surface area contributed by atoms with E-state index in [9.17, 15) is 4.79 Å². The number of fused-ring (bicyclic) bond motifs is 1. The summed E-state index contributed by atoms with van der Waals surface area (Å²) < 4.78 is 21.0. The topological polar surface area (TPSA) is 91.0 Å². The number of ether oxygens (including phenoxy) is 3. The summed E-state index contributed by atoms with van der Waals surface area (Å²) in [6.45, 7) is 0.856. The van der Waals surface area contributed by atoms with Gasteiger partial charge in [0.05, 0.1) is 12.7 Å². The minimum Gasteiger partial charge on any atom is -0.497 e. The maximum atomic E-state index is 10.8. The molecule has 0 radical (unpaired) electrons. The van der Waals surface area contributed by atoms with Gasteiger partial charge in [0.2, 0.25) is 5.76 Å². The highest BCUT2D eigenvalue weighted by Crippen LogP contribution is 2.42. The van der Waals surface area contributed by atoms with E-state index in [1.165, 1.54) is 13.2 Å². The molecule has 1 aliphatic rings. The molecule has 104 valence electrons. The average molecular weight is 277 g/mol. The van der Waals surface area contributed by atoms with E-state index in [4.69, 9.17) is 23.8 Å². The molecule has 0 saturated heterocycles. The lowest BCUT2D eigenvalue weighted by molar-refractivity contribution is 0.0652. The number of hydrogen-bond acceptors (Lipinski definition) is 6. The van der Waals surface area contributed by atoms with Crippen LogP contribution >= 0.6 is 0 Å². The second-order valence-electron chi connectivity index (χ2n) is 4.08. The van der Waals surface area contributed by atoms with Crippen LogP contribution in [0.4, 0.5) is 0 Å². The Kier molecular flexibility index (Phi) is 2.94. The number of carboxylic acid groups (broad SMARTS) is 1. The molecule has 20 heavy (non-hydrogen) atoms. The molecule has 0 atom stereocenters. The van der Waals surface area contributed by atoms with E-state index in [1.807, 2.05) is 0 Å². The number of aromatic carboxylic acids is 1. The third kappa shape index (κ3) is 2.03. The van der Waals surface area contributed by atoms with Crippen LogP contribution in [0.5, 0.6) is 17.2 Å². The Labute approximate surface area is 113 Å². The summed E-state index contributed by atoms with van der Waals surface area (Å²) in [5.41, 5.74) is 0.915. The highest BCUT2D eigenvalue weighted by atomic mass is 16.6. The van der Waals surface area contributed by atoms with Gasteiger partial charge in [-0.1, -0.05) is 5.16 Å². The van der Waals surface area contributed by atoms with Crippen LogP contribution < -0.4 is 14.2 Å². The van der Waals surface area contributed by atoms with Gasteiger partial charge in [0.1, 0.15) is 24.7 Å². The van der Waals surface area contributed by atoms with Crippen molar-refractivity contribution in [2.75, 3.05) is 20.3 Å². The Morgan fingerprint density at radius 1 is 1.30 bits per heavy atom. The Balaban J connectivity index is 2.13. The van der Waals surface area contributed by atoms with Gasteiger partial charge in [-0.15, -0.1) is 0 Å². The number of aromatic nitrogens is 1. The summed E-state index contributed by atoms with van der Waals surface area (Å²) in [6.07, 6.45) is 0. The molecule has 0 spiro atoms. The molecule has 0 bridgehead atoms. The van der Waals surface area contributed by atoms with E-state index < -0.39 is 5.97 Å². The molecule has 7 heteroatoms. The molecule has 0 aliphatic carbocycles. The predicted octanol–water partition coefficient (Wildman–Crippen LogP) is 1.82. The monoisotopic (exact) mass is 277 g/mol. The predicted molar refractivity (Wildman–Crippen MR) is 66.4 cm³/mol. The fourth-order valence-corrected chi connectivity index (χ4v) is 1.94. The summed E-state index contributed by atoms with van der Waals surface area (Å²) in [5.74, 6) is 0.169. The molecule has 0 unspecified atom stereocenters. The van der Waals surface area contributed by atoms with Crippen molar-refractivity contribution in [1.29, 1.82) is 0 Å². The van der Waals surface area contributed by atoms with Gasteiger partial charge in [-0.2, -0.15) is 0 Å². The van der Waals surface area contributed by atoms with E-state index in [-0.39, 0.29) is 5.76 Å². The zero-order chi connectivity index (χ0) is 14.1. The van der Waals surface area contributed by atoms with Gasteiger partial charge < -0.3 is 23.8 Å². The number of carboxylic acids is 1. The second kappa shape index (κ2) is 4.76. The van der Waals surface area contributed by atoms with Gasteiger partial charge in [-0.25, -0.2) is 4.79 Å². The average Bonchev–Trinajstić information content (AvgIpc) is 2.96. The molecule has 1 N–H and O–H groups in total. The van der Waals surface area contributed by atoms with Crippen LogP contribution in [0.2, 0.25) is 0 Å². The quantitative estimate of drug-likeness (QED) is 0.914. The van der Waals surface area contributed by atoms with Crippen molar-refractivity contribution in [1.82, 2.24) is 5.16 Å². The lowest BCUT2D eigenvalue weighted by Crippen LogP contribution is -2.16. The molecule has 2 aromatic rings. The molecular formula is C13H11NO6. The zero-order valence-corrected chi connectivity index (χ0v) is 10.6. The molecule has 0 saturated carbocycles. The first-order valence-corrected chi connectivity index (χ1v) is 5.87. The van der Waals surface area contributed by atoms with E-state index in [0.717, 1.165) is 0 Å². The Hall–Kier alpha value is -2.70. The van der Waals surface area contributed by atoms with Crippen molar-refractivity contribution in [3.63, 3.8) is 0 Å². The summed E-state index contributed by atoms with van der Waals surface area (Å²) in [6, 6.07) is 4.72. The highest BCUT2D eigenvalue weighted by Gasteiger charge is 2.22. The molecule has 1 aromatic carbocycles. The minimum atomic E-state index is -1.18. The summed E-state index contributed by atoms with van der Waals surface area (Å²) in [4.78, 5) is 10.8. The lowest BCUT2D eigenvalue weighted by Gasteiger charge is -2.21. The minimum absolute atomic E-state index is 0.242. The van der Waals surface area contributed by atoms with E-state index in [0.29, 0.717) is 41.7 Å². The van der Waals surface area contributed by atoms with Gasteiger partial charge in [0.25, 0.3) is 0 Å². The third-order valence-corrected chi connectivity index (χ3v) is 2.85. The summed E-state index contributed by atoms with van der Waals surface area (Å²) >= 11 is 0. The first-order chi connectivity index (χ1) is 9.69. The van der Waals surface area contributed by atoms with Crippen molar-refractivity contribution >= 4 is 5.97 Å². The smallest absolute Gasteiger partial charge is 0.374 e. The number of rotatable bonds is 3. The summed E-state index contributed by atoms with van der Waals surface area (Å²) in [7, 11) is 1.53. The van der Waals surface area contributed by atoms with Crippen molar-refractivity contribution in [3.8, 4) is 28.5 Å². The van der Waals surface area contributed by atoms with Gasteiger partial charge >= 0.3 is 5.97 Å². The van der Waals surface area contributed by atoms with Crippen LogP contribution in [0.3, 0.4) is 0 Å². The van der Waals surface area contributed by atoms with Crippen LogP contribution in [0.25, 0.3) is 11.3 Å². The molecule has 1 aromatic heterocycles. The number of methoxy groups -OCH3 is 1. The maximum absolute atomic E-state index is 10.8. The Morgan fingerprint density at radius 3 is 2.80 bits per heavy atom. The first-order valence-electron chi connectivity index (χ1n) is 5.87. The van der Waals surface area contributed by atoms with E-state index in [1.54, 1.807) is 12.1 Å². The molecule has 2 heterocycles. The molecule has 0 amide bonds. The number of benzene rings is 1. The van der Waals surface area contributed by atoms with Gasteiger partial charge in [-0.3, -0.25) is 0 Å². The van der Waals surface area contributed by atoms with Gasteiger partial charge in [0.15, 0.2) is 11.5 Å². The second-order valence-corrected chi connectivity index (χ2v) is 4.08. The van der Waals surface area contributed by atoms with Crippen molar-refractivity contribution < 1.29 is 28.6 Å². The molecule has 1 aliphatic heterocycles. The molecule has 3 rings (SSSR count). The van der Waals surface area contributed by atoms with Crippen molar-refractivity contribution in [2.45, 2.75) is 0 Å². The zero-order valence-electron chi connectivity index (χ0n) is 10.6. The fourth-order valence-electron chi connectivity index (χ4n) is 1.94. The number of nitrogens with zero attached hydrogens (tertiary/aromatic N) is 1. The Bertz CT molecular complexity index is 663. The maximum Gasteiger partial charge on any atom is 0.374 e. The van der Waals surface area contributed by atoms with E-state index in [2.05, 4.69) is 5.16 Å². The first kappa shape index (κ1) is 12.3. The molecule has 7 nitrogen and oxygen atoms in total. The van der Waals surface area contributed by atoms with Crippen LogP contribution in [0, 0.1) is 0 Å². The molecular weight excluding hydrogens is 266 g/mol. The van der Waals surface area contributed by atoms with Gasteiger partial charge in [-0.05, 0) is 6.07 Å². The normalized spacial score (nSPS) is 13.1. The van der Waals surface area contributed by atoms with Crippen LogP contribution in [0.15, 0.2) is 22.7 Å². The van der Waals surface area contributed by atoms with E-state index >= 15 is 0 Å². The third-order valence-electron chi connectivity index (χ3n) is 2.85. The Morgan fingerprint density at radius 2 is 2.10 bits per heavy atom. The number of hydrogen-bond donors (Lipinski definition) is 1. The SMILES string of the molecule is COc1cc2c(c(-c3cc(C(=O)O)on3)c1)OCCO2. The number of carbonyl (C=O) groups is 1. The van der Waals surface area contributed by atoms with Crippen LogP contribution in [0.1, 0.15) is 10.6 Å². The fraction of sp³-hybridized carbons (Fsp3) is 0.231. The lowest BCUT2D eigenvalue weighted by atomic mass is 10.1. The van der Waals surface area contributed by atoms with Crippen LogP contribution in [-0.2, 0) is 0 Å². The summed E-state index contributed by atoms with van der Waals surface area (Å²) in [5, 5.41) is 12.6. The van der Waals surface area contributed by atoms with Crippen LogP contribution in [-0.4, -0.2) is 36.6 Å².